The molecule has 0 saturated carbocycles. The molecule has 2 aromatic rings. The van der Waals surface area contributed by atoms with Crippen LogP contribution >= 0.6 is 11.3 Å². The van der Waals surface area contributed by atoms with Crippen molar-refractivity contribution in [1.29, 1.82) is 0 Å². The lowest BCUT2D eigenvalue weighted by Gasteiger charge is -1.99. The Bertz CT molecular complexity index is 479. The summed E-state index contributed by atoms with van der Waals surface area (Å²) in [6, 6.07) is 4.11. The molecule has 2 aromatic heterocycles. The van der Waals surface area contributed by atoms with Crippen LogP contribution in [0.5, 0.6) is 0 Å². The van der Waals surface area contributed by atoms with Crippen LogP contribution in [0, 0.1) is 0 Å². The van der Waals surface area contributed by atoms with E-state index in [1.807, 2.05) is 23.7 Å². The van der Waals surface area contributed by atoms with Gasteiger partial charge in [0.25, 0.3) is 0 Å². The van der Waals surface area contributed by atoms with Crippen LogP contribution in [-0.2, 0) is 19.4 Å². The van der Waals surface area contributed by atoms with Gasteiger partial charge in [-0.2, -0.15) is 0 Å². The summed E-state index contributed by atoms with van der Waals surface area (Å²) in [5.41, 5.74) is 2.52. The molecule has 2 rings (SSSR count). The van der Waals surface area contributed by atoms with E-state index in [0.29, 0.717) is 0 Å². The summed E-state index contributed by atoms with van der Waals surface area (Å²) >= 11 is 1.82. The highest BCUT2D eigenvalue weighted by Gasteiger charge is 2.09. The molecular weight excluding hydrogens is 242 g/mol. The summed E-state index contributed by atoms with van der Waals surface area (Å²) in [4.78, 5) is 10.2. The number of nitrogens with one attached hydrogen (secondary N) is 1. The highest BCUT2D eigenvalue weighted by Crippen LogP contribution is 2.21. The van der Waals surface area contributed by atoms with Gasteiger partial charge in [-0.15, -0.1) is 11.3 Å². The van der Waals surface area contributed by atoms with Gasteiger partial charge in [-0.3, -0.25) is 4.98 Å². The van der Waals surface area contributed by atoms with Crippen molar-refractivity contribution in [3.63, 3.8) is 0 Å². The summed E-state index contributed by atoms with van der Waals surface area (Å²) in [5, 5.41) is 4.58. The third-order valence-corrected chi connectivity index (χ3v) is 3.90. The highest BCUT2D eigenvalue weighted by molar-refractivity contribution is 7.11. The molecular formula is C14H19N3S. The number of pyridine rings is 1. The molecule has 3 nitrogen and oxygen atoms in total. The lowest BCUT2D eigenvalue weighted by Crippen LogP contribution is -2.11. The number of hydrogen-bond donors (Lipinski definition) is 1. The molecule has 96 valence electrons. The molecule has 4 heteroatoms. The Kier molecular flexibility index (Phi) is 4.84. The van der Waals surface area contributed by atoms with Crippen LogP contribution in [-0.4, -0.2) is 16.5 Å². The lowest BCUT2D eigenvalue weighted by atomic mass is 10.2. The average molecular weight is 261 g/mol. The van der Waals surface area contributed by atoms with Crippen molar-refractivity contribution >= 4 is 11.3 Å². The molecule has 0 aromatic carbocycles. The smallest absolute Gasteiger partial charge is 0.0975 e. The highest BCUT2D eigenvalue weighted by atomic mass is 32.1. The van der Waals surface area contributed by atoms with Crippen molar-refractivity contribution in [3.8, 4) is 0 Å². The van der Waals surface area contributed by atoms with E-state index in [0.717, 1.165) is 25.9 Å². The van der Waals surface area contributed by atoms with Gasteiger partial charge in [0.15, 0.2) is 0 Å². The lowest BCUT2D eigenvalue weighted by molar-refractivity contribution is 0.727. The Balaban J connectivity index is 2.11. The fourth-order valence-corrected chi connectivity index (χ4v) is 3.00. The third kappa shape index (κ3) is 3.37. The first-order chi connectivity index (χ1) is 8.83. The fraction of sp³-hybridized carbons (Fsp3) is 0.429. The Labute approximate surface area is 112 Å². The zero-order valence-corrected chi connectivity index (χ0v) is 11.8. The molecule has 0 atom stereocenters. The van der Waals surface area contributed by atoms with Crippen LogP contribution < -0.4 is 5.32 Å². The van der Waals surface area contributed by atoms with Crippen molar-refractivity contribution in [2.75, 3.05) is 6.54 Å². The summed E-state index contributed by atoms with van der Waals surface area (Å²) in [6.45, 7) is 6.24. The molecule has 0 aliphatic heterocycles. The second-order valence-corrected chi connectivity index (χ2v) is 5.31. The van der Waals surface area contributed by atoms with Gasteiger partial charge in [0.1, 0.15) is 0 Å². The first kappa shape index (κ1) is 13.2. The summed E-state index contributed by atoms with van der Waals surface area (Å²) in [6.07, 6.45) is 5.59. The number of nitrogens with zero attached hydrogens (tertiary/aromatic N) is 2. The maximum absolute atomic E-state index is 4.73. The molecule has 0 bridgehead atoms. The Hall–Kier alpha value is -1.26. The number of hydrogen-bond acceptors (Lipinski definition) is 4. The minimum atomic E-state index is 0.909. The predicted molar refractivity (Wildman–Crippen MR) is 75.9 cm³/mol. The molecule has 0 unspecified atom stereocenters. The van der Waals surface area contributed by atoms with Crippen LogP contribution in [0.2, 0.25) is 0 Å². The van der Waals surface area contributed by atoms with E-state index in [1.54, 1.807) is 0 Å². The summed E-state index contributed by atoms with van der Waals surface area (Å²) < 4.78 is 0. The quantitative estimate of drug-likeness (QED) is 0.869. The zero-order chi connectivity index (χ0) is 12.8. The molecule has 0 radical (unpaired) electrons. The van der Waals surface area contributed by atoms with Crippen LogP contribution in [0.3, 0.4) is 0 Å². The standard InChI is InChI=1S/C14H19N3S/c1-3-12-13(10-15-4-2)18-14(17-12)9-11-5-7-16-8-6-11/h5-8,15H,3-4,9-10H2,1-2H3. The van der Waals surface area contributed by atoms with Gasteiger partial charge >= 0.3 is 0 Å². The molecule has 2 heterocycles. The summed E-state index contributed by atoms with van der Waals surface area (Å²) in [5.74, 6) is 0. The molecule has 0 saturated heterocycles. The van der Waals surface area contributed by atoms with Gasteiger partial charge in [-0.1, -0.05) is 13.8 Å². The number of aromatic nitrogens is 2. The number of thiazole rings is 1. The van der Waals surface area contributed by atoms with Gasteiger partial charge in [-0.25, -0.2) is 4.98 Å². The zero-order valence-electron chi connectivity index (χ0n) is 10.9. The normalized spacial score (nSPS) is 10.8. The van der Waals surface area contributed by atoms with Crippen LogP contribution in [0.4, 0.5) is 0 Å². The van der Waals surface area contributed by atoms with E-state index < -0.39 is 0 Å². The molecule has 1 N–H and O–H groups in total. The van der Waals surface area contributed by atoms with E-state index in [1.165, 1.54) is 21.1 Å². The van der Waals surface area contributed by atoms with Crippen LogP contribution in [0.15, 0.2) is 24.5 Å². The van der Waals surface area contributed by atoms with Crippen molar-refractivity contribution in [2.45, 2.75) is 33.2 Å². The van der Waals surface area contributed by atoms with Crippen molar-refractivity contribution in [1.82, 2.24) is 15.3 Å². The minimum absolute atomic E-state index is 0.909. The van der Waals surface area contributed by atoms with Gasteiger partial charge in [0.05, 0.1) is 10.7 Å². The van der Waals surface area contributed by atoms with Crippen molar-refractivity contribution in [2.24, 2.45) is 0 Å². The van der Waals surface area contributed by atoms with Gasteiger partial charge in [0.2, 0.25) is 0 Å². The SMILES string of the molecule is CCNCc1sc(Cc2ccncc2)nc1CC. The van der Waals surface area contributed by atoms with Crippen molar-refractivity contribution in [3.05, 3.63) is 45.7 Å². The number of rotatable bonds is 6. The van der Waals surface area contributed by atoms with E-state index in [2.05, 4.69) is 36.3 Å². The second-order valence-electron chi connectivity index (χ2n) is 4.14. The van der Waals surface area contributed by atoms with Crippen molar-refractivity contribution < 1.29 is 0 Å². The fourth-order valence-electron chi connectivity index (χ4n) is 1.84. The summed E-state index contributed by atoms with van der Waals surface area (Å²) in [7, 11) is 0. The van der Waals surface area contributed by atoms with E-state index >= 15 is 0 Å². The van der Waals surface area contributed by atoms with Crippen LogP contribution in [0.1, 0.15) is 35.0 Å². The predicted octanol–water partition coefficient (Wildman–Crippen LogP) is 2.80. The third-order valence-electron chi connectivity index (χ3n) is 2.80. The maximum atomic E-state index is 4.73. The molecule has 0 amide bonds. The van der Waals surface area contributed by atoms with Crippen LogP contribution in [0.25, 0.3) is 0 Å². The van der Waals surface area contributed by atoms with E-state index in [4.69, 9.17) is 4.98 Å². The van der Waals surface area contributed by atoms with E-state index in [-0.39, 0.29) is 0 Å². The molecule has 0 aliphatic carbocycles. The average Bonchev–Trinajstić information content (AvgIpc) is 2.79. The second kappa shape index (κ2) is 6.61. The largest absolute Gasteiger partial charge is 0.312 e. The Morgan fingerprint density at radius 1 is 1.22 bits per heavy atom. The monoisotopic (exact) mass is 261 g/mol. The first-order valence-corrected chi connectivity index (χ1v) is 7.22. The minimum Gasteiger partial charge on any atom is -0.312 e. The van der Waals surface area contributed by atoms with Gasteiger partial charge < -0.3 is 5.32 Å². The number of aryl methyl sites for hydroxylation is 1. The first-order valence-electron chi connectivity index (χ1n) is 6.40. The van der Waals surface area contributed by atoms with Gasteiger partial charge in [-0.05, 0) is 30.7 Å². The molecule has 0 fully saturated rings. The Morgan fingerprint density at radius 3 is 2.67 bits per heavy atom. The maximum Gasteiger partial charge on any atom is 0.0975 e. The topological polar surface area (TPSA) is 37.8 Å². The van der Waals surface area contributed by atoms with E-state index in [9.17, 15) is 0 Å². The molecule has 0 aliphatic rings. The van der Waals surface area contributed by atoms with Gasteiger partial charge in [0, 0.05) is 30.2 Å². The molecule has 18 heavy (non-hydrogen) atoms. The molecule has 0 spiro atoms. The Morgan fingerprint density at radius 2 is 2.00 bits per heavy atom.